The van der Waals surface area contributed by atoms with Crippen LogP contribution < -0.4 is 0 Å². The van der Waals surface area contributed by atoms with Gasteiger partial charge in [-0.15, -0.1) is 11.8 Å². The second-order valence-corrected chi connectivity index (χ2v) is 8.51. The van der Waals surface area contributed by atoms with Crippen LogP contribution in [0, 0.1) is 0 Å². The summed E-state index contributed by atoms with van der Waals surface area (Å²) in [7, 11) is 0. The van der Waals surface area contributed by atoms with E-state index in [2.05, 4.69) is 41.4 Å². The monoisotopic (exact) mass is 389 g/mol. The zero-order chi connectivity index (χ0) is 18.6. The van der Waals surface area contributed by atoms with Gasteiger partial charge in [0, 0.05) is 26.3 Å². The molecule has 0 spiro atoms. The number of hydrogen-bond donors (Lipinski definition) is 1. The summed E-state index contributed by atoms with van der Waals surface area (Å²) in [5.41, 5.74) is 2.13. The molecule has 4 aromatic rings. The van der Waals surface area contributed by atoms with Gasteiger partial charge in [-0.3, -0.25) is 4.79 Å². The van der Waals surface area contributed by atoms with Gasteiger partial charge in [0.05, 0.1) is 10.3 Å². The highest BCUT2D eigenvalue weighted by Gasteiger charge is 2.26. The van der Waals surface area contributed by atoms with Crippen LogP contribution in [0.15, 0.2) is 99.7 Å². The third-order valence-corrected chi connectivity index (χ3v) is 6.68. The summed E-state index contributed by atoms with van der Waals surface area (Å²) in [4.78, 5) is 18.4. The Labute approximate surface area is 167 Å². The second kappa shape index (κ2) is 8.07. The number of fused-ring (bicyclic) bond motifs is 1. The van der Waals surface area contributed by atoms with E-state index in [9.17, 15) is 4.79 Å². The molecule has 1 unspecified atom stereocenters. The van der Waals surface area contributed by atoms with Crippen LogP contribution in [0.2, 0.25) is 0 Å². The zero-order valence-electron chi connectivity index (χ0n) is 14.9. The molecule has 0 aliphatic carbocycles. The maximum atomic E-state index is 12.7. The number of aromatic amines is 1. The van der Waals surface area contributed by atoms with Crippen molar-refractivity contribution in [1.82, 2.24) is 4.98 Å². The van der Waals surface area contributed by atoms with Crippen molar-refractivity contribution in [3.8, 4) is 0 Å². The van der Waals surface area contributed by atoms with Gasteiger partial charge in [0.15, 0.2) is 0 Å². The molecule has 1 aromatic heterocycles. The lowest BCUT2D eigenvalue weighted by molar-refractivity contribution is -0.116. The molecule has 0 saturated carbocycles. The summed E-state index contributed by atoms with van der Waals surface area (Å²) < 4.78 is 0. The first kappa shape index (κ1) is 18.0. The molecular weight excluding hydrogens is 370 g/mol. The maximum Gasteiger partial charge on any atom is 0.147 e. The van der Waals surface area contributed by atoms with Crippen molar-refractivity contribution < 1.29 is 4.79 Å². The van der Waals surface area contributed by atoms with E-state index in [1.165, 1.54) is 0 Å². The summed E-state index contributed by atoms with van der Waals surface area (Å²) in [5, 5.41) is 1.89. The van der Waals surface area contributed by atoms with E-state index in [1.807, 2.05) is 48.5 Å². The smallest absolute Gasteiger partial charge is 0.147 e. The van der Waals surface area contributed by atoms with Crippen LogP contribution in [-0.4, -0.2) is 10.8 Å². The molecule has 0 aliphatic heterocycles. The molecule has 1 N–H and O–H groups in total. The van der Waals surface area contributed by atoms with Gasteiger partial charge >= 0.3 is 0 Å². The number of nitrogens with one attached hydrogen (secondary N) is 1. The number of carbonyl (C=O) groups is 1. The van der Waals surface area contributed by atoms with Crippen molar-refractivity contribution in [3.63, 3.8) is 0 Å². The Morgan fingerprint density at radius 3 is 2.07 bits per heavy atom. The number of rotatable bonds is 6. The van der Waals surface area contributed by atoms with E-state index >= 15 is 0 Å². The van der Waals surface area contributed by atoms with Gasteiger partial charge < -0.3 is 4.98 Å². The Bertz CT molecular complexity index is 1060. The van der Waals surface area contributed by atoms with E-state index in [4.69, 9.17) is 0 Å². The molecule has 1 atom stereocenters. The number of Topliss-reactive ketones (excluding diaryl/α,β-unsaturated/α-hetero) is 1. The van der Waals surface area contributed by atoms with Crippen LogP contribution in [0.4, 0.5) is 0 Å². The first-order valence-electron chi connectivity index (χ1n) is 8.78. The summed E-state index contributed by atoms with van der Waals surface area (Å²) in [5.74, 6) is 0.156. The van der Waals surface area contributed by atoms with Gasteiger partial charge in [-0.05, 0) is 37.3 Å². The summed E-state index contributed by atoms with van der Waals surface area (Å²) in [6.45, 7) is 1.68. The minimum absolute atomic E-state index is 0.156. The molecule has 27 heavy (non-hydrogen) atoms. The van der Waals surface area contributed by atoms with Crippen molar-refractivity contribution in [3.05, 3.63) is 90.5 Å². The van der Waals surface area contributed by atoms with Crippen LogP contribution in [0.1, 0.15) is 17.7 Å². The highest BCUT2D eigenvalue weighted by molar-refractivity contribution is 8.00. The second-order valence-electron chi connectivity index (χ2n) is 6.25. The van der Waals surface area contributed by atoms with Crippen molar-refractivity contribution in [2.45, 2.75) is 27.0 Å². The lowest BCUT2D eigenvalue weighted by atomic mass is 10.1. The van der Waals surface area contributed by atoms with Crippen LogP contribution >= 0.6 is 23.5 Å². The molecule has 0 bridgehead atoms. The number of hydrogen-bond acceptors (Lipinski definition) is 3. The van der Waals surface area contributed by atoms with E-state index in [-0.39, 0.29) is 11.0 Å². The highest BCUT2D eigenvalue weighted by Crippen LogP contribution is 2.45. The van der Waals surface area contributed by atoms with Gasteiger partial charge in [0.2, 0.25) is 0 Å². The van der Waals surface area contributed by atoms with Gasteiger partial charge in [-0.25, -0.2) is 0 Å². The Morgan fingerprint density at radius 1 is 0.815 bits per heavy atom. The minimum atomic E-state index is -0.255. The molecule has 4 heteroatoms. The highest BCUT2D eigenvalue weighted by atomic mass is 32.2. The predicted molar refractivity (Wildman–Crippen MR) is 115 cm³/mol. The number of H-pyrrole nitrogens is 1. The molecule has 134 valence electrons. The quantitative estimate of drug-likeness (QED) is 0.371. The molecule has 4 rings (SSSR count). The summed E-state index contributed by atoms with van der Waals surface area (Å²) in [6.07, 6.45) is 0. The normalized spacial score (nSPS) is 12.2. The van der Waals surface area contributed by atoms with Crippen molar-refractivity contribution in [2.75, 3.05) is 0 Å². The average Bonchev–Trinajstić information content (AvgIpc) is 3.05. The fraction of sp³-hybridized carbons (Fsp3) is 0.0870. The van der Waals surface area contributed by atoms with Gasteiger partial charge in [-0.2, -0.15) is 0 Å². The molecule has 3 aromatic carbocycles. The Hall–Kier alpha value is -2.43. The first-order chi connectivity index (χ1) is 13.2. The summed E-state index contributed by atoms with van der Waals surface area (Å²) >= 11 is 3.29. The Morgan fingerprint density at radius 2 is 1.41 bits per heavy atom. The molecule has 0 amide bonds. The van der Waals surface area contributed by atoms with E-state index in [1.54, 1.807) is 30.4 Å². The van der Waals surface area contributed by atoms with Gasteiger partial charge in [0.25, 0.3) is 0 Å². The topological polar surface area (TPSA) is 32.9 Å². The molecular formula is C23H19NOS2. The van der Waals surface area contributed by atoms with Gasteiger partial charge in [0.1, 0.15) is 5.78 Å². The number of carbonyl (C=O) groups excluding carboxylic acids is 1. The average molecular weight is 390 g/mol. The minimum Gasteiger partial charge on any atom is -0.349 e. The number of ketones is 1. The number of benzene rings is 3. The lowest BCUT2D eigenvalue weighted by Crippen LogP contribution is -2.05. The number of aromatic nitrogens is 1. The fourth-order valence-electron chi connectivity index (χ4n) is 3.07. The van der Waals surface area contributed by atoms with E-state index in [0.29, 0.717) is 0 Å². The molecule has 1 heterocycles. The predicted octanol–water partition coefficient (Wildman–Crippen LogP) is 6.74. The van der Waals surface area contributed by atoms with Crippen molar-refractivity contribution >= 4 is 40.2 Å². The molecule has 0 aliphatic rings. The first-order valence-corrected chi connectivity index (χ1v) is 10.5. The Kier molecular flexibility index (Phi) is 5.37. The standard InChI is InChI=1S/C23H19NOS2/c1-16(25)22(26-17-10-4-2-5-11-17)21-19-14-8-9-15-20(19)24-23(21)27-18-12-6-3-7-13-18/h2-15,22,24H,1H3. The molecule has 0 fully saturated rings. The SMILES string of the molecule is CC(=O)C(Sc1ccccc1)c1c(Sc2ccccc2)[nH]c2ccccc12. The molecule has 0 saturated heterocycles. The third-order valence-electron chi connectivity index (χ3n) is 4.30. The zero-order valence-corrected chi connectivity index (χ0v) is 16.5. The van der Waals surface area contributed by atoms with Gasteiger partial charge in [-0.1, -0.05) is 66.4 Å². The number of thioether (sulfide) groups is 1. The lowest BCUT2D eigenvalue weighted by Gasteiger charge is -2.15. The number of para-hydroxylation sites is 1. The Balaban J connectivity index is 1.82. The largest absolute Gasteiger partial charge is 0.349 e. The third kappa shape index (κ3) is 3.97. The maximum absolute atomic E-state index is 12.7. The van der Waals surface area contributed by atoms with Crippen LogP contribution in [0.3, 0.4) is 0 Å². The van der Waals surface area contributed by atoms with E-state index < -0.39 is 0 Å². The van der Waals surface area contributed by atoms with Crippen LogP contribution in [0.25, 0.3) is 10.9 Å². The fourth-order valence-corrected chi connectivity index (χ4v) is 5.28. The molecule has 0 radical (unpaired) electrons. The molecule has 2 nitrogen and oxygen atoms in total. The van der Waals surface area contributed by atoms with Crippen LogP contribution in [0.5, 0.6) is 0 Å². The van der Waals surface area contributed by atoms with Crippen molar-refractivity contribution in [1.29, 1.82) is 0 Å². The van der Waals surface area contributed by atoms with Crippen LogP contribution in [-0.2, 0) is 4.79 Å². The van der Waals surface area contributed by atoms with Crippen molar-refractivity contribution in [2.24, 2.45) is 0 Å². The summed E-state index contributed by atoms with van der Waals surface area (Å²) in [6, 6.07) is 28.6. The van der Waals surface area contributed by atoms with E-state index in [0.717, 1.165) is 31.3 Å².